The molecule has 1 aliphatic rings. The van der Waals surface area contributed by atoms with Crippen molar-refractivity contribution in [3.05, 3.63) is 35.7 Å². The molecule has 0 spiro atoms. The van der Waals surface area contributed by atoms with Gasteiger partial charge >= 0.3 is 0 Å². The lowest BCUT2D eigenvalue weighted by Crippen LogP contribution is -2.44. The molecule has 23 heavy (non-hydrogen) atoms. The van der Waals surface area contributed by atoms with Gasteiger partial charge in [0.25, 0.3) is 0 Å². The van der Waals surface area contributed by atoms with Crippen LogP contribution in [0.4, 0.5) is 0 Å². The molecule has 1 aromatic carbocycles. The highest BCUT2D eigenvalue weighted by Gasteiger charge is 2.21. The Kier molecular flexibility index (Phi) is 4.71. The molecule has 2 heterocycles. The number of carbonyl (C=O) groups excluding carboxylic acids is 1. The minimum atomic E-state index is 0.101. The maximum absolute atomic E-state index is 12.2. The number of amides is 1. The molecule has 1 amide bonds. The summed E-state index contributed by atoms with van der Waals surface area (Å²) < 4.78 is 10.7. The zero-order valence-corrected chi connectivity index (χ0v) is 13.5. The van der Waals surface area contributed by atoms with E-state index in [4.69, 9.17) is 9.26 Å². The van der Waals surface area contributed by atoms with Gasteiger partial charge in [-0.15, -0.1) is 0 Å². The number of aromatic nitrogens is 2. The van der Waals surface area contributed by atoms with Gasteiger partial charge in [-0.3, -0.25) is 4.79 Å². The van der Waals surface area contributed by atoms with Crippen LogP contribution in [0.5, 0.6) is 0 Å². The molecule has 0 saturated carbocycles. The lowest BCUT2D eigenvalue weighted by Gasteiger charge is -2.31. The van der Waals surface area contributed by atoms with Crippen molar-refractivity contribution < 1.29 is 14.1 Å². The summed E-state index contributed by atoms with van der Waals surface area (Å²) in [5, 5.41) is 3.99. The minimum absolute atomic E-state index is 0.101. The topological polar surface area (TPSA) is 68.5 Å². The highest BCUT2D eigenvalue weighted by Crippen LogP contribution is 2.17. The maximum atomic E-state index is 12.2. The summed E-state index contributed by atoms with van der Waals surface area (Å²) in [6.45, 7) is 5.92. The van der Waals surface area contributed by atoms with Gasteiger partial charge in [0, 0.05) is 31.5 Å². The lowest BCUT2D eigenvalue weighted by molar-refractivity contribution is -0.138. The van der Waals surface area contributed by atoms with Crippen LogP contribution in [-0.4, -0.2) is 46.7 Å². The lowest BCUT2D eigenvalue weighted by atomic mass is 10.1. The van der Waals surface area contributed by atoms with Crippen LogP contribution in [-0.2, 0) is 16.0 Å². The molecular weight excluding hydrogens is 294 g/mol. The molecule has 122 valence electrons. The number of aryl methyl sites for hydroxylation is 2. The number of carbonyl (C=O) groups is 1. The fraction of sp³-hybridized carbons (Fsp3) is 0.471. The molecule has 0 unspecified atom stereocenters. The van der Waals surface area contributed by atoms with Gasteiger partial charge in [-0.1, -0.05) is 35.0 Å². The van der Waals surface area contributed by atoms with E-state index in [1.54, 1.807) is 0 Å². The monoisotopic (exact) mass is 315 g/mol. The summed E-state index contributed by atoms with van der Waals surface area (Å²) in [4.78, 5) is 18.4. The number of morpholine rings is 1. The molecule has 3 rings (SSSR count). The number of hydrogen-bond acceptors (Lipinski definition) is 5. The summed E-state index contributed by atoms with van der Waals surface area (Å²) in [7, 11) is 0. The second-order valence-corrected chi connectivity index (χ2v) is 5.90. The summed E-state index contributed by atoms with van der Waals surface area (Å²) in [6, 6.07) is 7.94. The van der Waals surface area contributed by atoms with Crippen molar-refractivity contribution in [1.82, 2.24) is 15.0 Å². The number of benzene rings is 1. The zero-order chi connectivity index (χ0) is 16.2. The third-order valence-corrected chi connectivity index (χ3v) is 3.92. The van der Waals surface area contributed by atoms with E-state index in [0.29, 0.717) is 44.3 Å². The standard InChI is InChI=1S/C17H21N3O3/c1-12-3-5-14(6-4-12)17-18-15(23-19-17)7-8-16(21)20-9-10-22-13(2)11-20/h3-6,13H,7-11H2,1-2H3/t13-/m1/s1. The van der Waals surface area contributed by atoms with Crippen LogP contribution in [0.1, 0.15) is 24.8 Å². The van der Waals surface area contributed by atoms with Crippen LogP contribution in [0.2, 0.25) is 0 Å². The van der Waals surface area contributed by atoms with Gasteiger partial charge in [0.1, 0.15) is 0 Å². The van der Waals surface area contributed by atoms with Crippen LogP contribution in [0, 0.1) is 6.92 Å². The molecule has 2 aromatic rings. The fourth-order valence-corrected chi connectivity index (χ4v) is 2.59. The van der Waals surface area contributed by atoms with E-state index in [1.165, 1.54) is 5.56 Å². The molecular formula is C17H21N3O3. The van der Waals surface area contributed by atoms with Crippen LogP contribution in [0.3, 0.4) is 0 Å². The minimum Gasteiger partial charge on any atom is -0.375 e. The molecule has 0 N–H and O–H groups in total. The molecule has 1 atom stereocenters. The molecule has 1 fully saturated rings. The molecule has 1 saturated heterocycles. The molecule has 6 nitrogen and oxygen atoms in total. The van der Waals surface area contributed by atoms with E-state index < -0.39 is 0 Å². The predicted octanol–water partition coefficient (Wildman–Crippen LogP) is 2.22. The average Bonchev–Trinajstić information content (AvgIpc) is 3.02. The molecule has 0 radical (unpaired) electrons. The van der Waals surface area contributed by atoms with Gasteiger partial charge in [0.15, 0.2) is 0 Å². The Morgan fingerprint density at radius 3 is 2.87 bits per heavy atom. The van der Waals surface area contributed by atoms with Crippen LogP contribution < -0.4 is 0 Å². The maximum Gasteiger partial charge on any atom is 0.227 e. The van der Waals surface area contributed by atoms with Gasteiger partial charge in [-0.25, -0.2) is 0 Å². The average molecular weight is 315 g/mol. The van der Waals surface area contributed by atoms with E-state index >= 15 is 0 Å². The third kappa shape index (κ3) is 3.96. The summed E-state index contributed by atoms with van der Waals surface area (Å²) in [5.41, 5.74) is 2.10. The SMILES string of the molecule is Cc1ccc(-c2noc(CCC(=O)N3CCO[C@H](C)C3)n2)cc1. The zero-order valence-electron chi connectivity index (χ0n) is 13.5. The predicted molar refractivity (Wildman–Crippen MR) is 84.8 cm³/mol. The van der Waals surface area contributed by atoms with Crippen molar-refractivity contribution in [3.63, 3.8) is 0 Å². The third-order valence-electron chi connectivity index (χ3n) is 3.92. The van der Waals surface area contributed by atoms with E-state index in [9.17, 15) is 4.79 Å². The van der Waals surface area contributed by atoms with Crippen LogP contribution >= 0.6 is 0 Å². The molecule has 1 aromatic heterocycles. The van der Waals surface area contributed by atoms with E-state index in [1.807, 2.05) is 43.0 Å². The number of rotatable bonds is 4. The number of nitrogens with zero attached hydrogens (tertiary/aromatic N) is 3. The first-order valence-corrected chi connectivity index (χ1v) is 7.91. The summed E-state index contributed by atoms with van der Waals surface area (Å²) in [5.74, 6) is 1.16. The first kappa shape index (κ1) is 15.7. The Hall–Kier alpha value is -2.21. The number of hydrogen-bond donors (Lipinski definition) is 0. The smallest absolute Gasteiger partial charge is 0.227 e. The largest absolute Gasteiger partial charge is 0.375 e. The Labute approximate surface area is 135 Å². The normalized spacial score (nSPS) is 18.2. The van der Waals surface area contributed by atoms with Crippen molar-refractivity contribution in [3.8, 4) is 11.4 Å². The van der Waals surface area contributed by atoms with Crippen LogP contribution in [0.15, 0.2) is 28.8 Å². The quantitative estimate of drug-likeness (QED) is 0.865. The van der Waals surface area contributed by atoms with Crippen molar-refractivity contribution in [1.29, 1.82) is 0 Å². The first-order valence-electron chi connectivity index (χ1n) is 7.91. The van der Waals surface area contributed by atoms with Crippen molar-refractivity contribution in [2.24, 2.45) is 0 Å². The Bertz CT molecular complexity index is 666. The van der Waals surface area contributed by atoms with E-state index in [-0.39, 0.29) is 12.0 Å². The highest BCUT2D eigenvalue weighted by molar-refractivity contribution is 5.76. The van der Waals surface area contributed by atoms with Gasteiger partial charge in [-0.05, 0) is 13.8 Å². The van der Waals surface area contributed by atoms with E-state index in [0.717, 1.165) is 5.56 Å². The van der Waals surface area contributed by atoms with Gasteiger partial charge in [-0.2, -0.15) is 4.98 Å². The second-order valence-electron chi connectivity index (χ2n) is 5.90. The Morgan fingerprint density at radius 2 is 2.13 bits per heavy atom. The molecule has 0 aliphatic carbocycles. The fourth-order valence-electron chi connectivity index (χ4n) is 2.59. The summed E-state index contributed by atoms with van der Waals surface area (Å²) in [6.07, 6.45) is 0.940. The molecule has 1 aliphatic heterocycles. The highest BCUT2D eigenvalue weighted by atomic mass is 16.5. The van der Waals surface area contributed by atoms with Crippen molar-refractivity contribution in [2.45, 2.75) is 32.8 Å². The number of ether oxygens (including phenoxy) is 1. The van der Waals surface area contributed by atoms with Gasteiger partial charge in [0.05, 0.1) is 12.7 Å². The first-order chi connectivity index (χ1) is 11.1. The van der Waals surface area contributed by atoms with Gasteiger partial charge in [0.2, 0.25) is 17.6 Å². The molecule has 0 bridgehead atoms. The van der Waals surface area contributed by atoms with Crippen molar-refractivity contribution in [2.75, 3.05) is 19.7 Å². The molecule has 6 heteroatoms. The Balaban J connectivity index is 1.56. The Morgan fingerprint density at radius 1 is 1.35 bits per heavy atom. The van der Waals surface area contributed by atoms with E-state index in [2.05, 4.69) is 10.1 Å². The van der Waals surface area contributed by atoms with Crippen LogP contribution in [0.25, 0.3) is 11.4 Å². The van der Waals surface area contributed by atoms with Crippen molar-refractivity contribution >= 4 is 5.91 Å². The summed E-state index contributed by atoms with van der Waals surface area (Å²) >= 11 is 0. The second kappa shape index (κ2) is 6.91. The van der Waals surface area contributed by atoms with Gasteiger partial charge < -0.3 is 14.2 Å².